The van der Waals surface area contributed by atoms with Crippen molar-refractivity contribution in [2.24, 2.45) is 0 Å². The Hall–Kier alpha value is -1.63. The van der Waals surface area contributed by atoms with Crippen LogP contribution in [0, 0.1) is 6.92 Å². The van der Waals surface area contributed by atoms with Crippen LogP contribution in [0.15, 0.2) is 30.5 Å². The molecule has 2 aromatic rings. The lowest BCUT2D eigenvalue weighted by atomic mass is 10.0. The number of nitrogens with zero attached hydrogens (tertiary/aromatic N) is 4. The molecule has 2 aliphatic rings. The molecular formula is C21H30N4OS. The standard InChI is InChI=1S/C21H30N4OS/c1-17-22-14-21(27-17)16-23-9-3-4-19(15-23)25-12-10-24(11-13-25)18-5-7-20(26-2)8-6-18/h5-8,14,19H,3-4,9-13,15-16H2,1-2H3. The molecule has 1 aromatic heterocycles. The lowest BCUT2D eigenvalue weighted by molar-refractivity contribution is 0.0893. The number of ether oxygens (including phenoxy) is 1. The van der Waals surface area contributed by atoms with E-state index in [-0.39, 0.29) is 0 Å². The fourth-order valence-corrected chi connectivity index (χ4v) is 5.15. The fraction of sp³-hybridized carbons (Fsp3) is 0.571. The number of aryl methyl sites for hydroxylation is 1. The summed E-state index contributed by atoms with van der Waals surface area (Å²) in [5.41, 5.74) is 1.31. The van der Waals surface area contributed by atoms with Gasteiger partial charge >= 0.3 is 0 Å². The molecule has 6 heteroatoms. The lowest BCUT2D eigenvalue weighted by Crippen LogP contribution is -2.55. The zero-order chi connectivity index (χ0) is 18.6. The predicted octanol–water partition coefficient (Wildman–Crippen LogP) is 3.25. The molecule has 0 saturated carbocycles. The first kappa shape index (κ1) is 18.7. The summed E-state index contributed by atoms with van der Waals surface area (Å²) < 4.78 is 5.27. The molecule has 0 N–H and O–H groups in total. The summed E-state index contributed by atoms with van der Waals surface area (Å²) in [7, 11) is 1.72. The van der Waals surface area contributed by atoms with Gasteiger partial charge in [-0.3, -0.25) is 9.80 Å². The summed E-state index contributed by atoms with van der Waals surface area (Å²) in [6.07, 6.45) is 4.69. The van der Waals surface area contributed by atoms with Gasteiger partial charge < -0.3 is 9.64 Å². The molecule has 1 atom stereocenters. The Morgan fingerprint density at radius 1 is 1.11 bits per heavy atom. The monoisotopic (exact) mass is 386 g/mol. The fourth-order valence-electron chi connectivity index (χ4n) is 4.31. The molecule has 0 spiro atoms. The van der Waals surface area contributed by atoms with E-state index in [9.17, 15) is 0 Å². The molecular weight excluding hydrogens is 356 g/mol. The van der Waals surface area contributed by atoms with E-state index in [0.29, 0.717) is 6.04 Å². The Labute approximate surface area is 166 Å². The molecule has 2 aliphatic heterocycles. The maximum absolute atomic E-state index is 5.27. The predicted molar refractivity (Wildman–Crippen MR) is 112 cm³/mol. The van der Waals surface area contributed by atoms with Gasteiger partial charge in [0.2, 0.25) is 0 Å². The molecule has 0 radical (unpaired) electrons. The Balaban J connectivity index is 1.29. The SMILES string of the molecule is COc1ccc(N2CCN(C3CCCN(Cc4cnc(C)s4)C3)CC2)cc1. The first-order chi connectivity index (χ1) is 13.2. The number of piperidine rings is 1. The number of methoxy groups -OCH3 is 1. The summed E-state index contributed by atoms with van der Waals surface area (Å²) in [5, 5.41) is 1.17. The molecule has 1 aromatic carbocycles. The molecule has 146 valence electrons. The number of piperazine rings is 1. The Morgan fingerprint density at radius 2 is 1.89 bits per heavy atom. The first-order valence-corrected chi connectivity index (χ1v) is 10.8. The normalized spacial score (nSPS) is 22.1. The average molecular weight is 387 g/mol. The zero-order valence-electron chi connectivity index (χ0n) is 16.4. The van der Waals surface area contributed by atoms with Crippen LogP contribution in [0.1, 0.15) is 22.7 Å². The topological polar surface area (TPSA) is 31.8 Å². The summed E-state index contributed by atoms with van der Waals surface area (Å²) in [5.74, 6) is 0.927. The van der Waals surface area contributed by atoms with Crippen LogP contribution in [0.4, 0.5) is 5.69 Å². The van der Waals surface area contributed by atoms with E-state index >= 15 is 0 Å². The highest BCUT2D eigenvalue weighted by atomic mass is 32.1. The molecule has 1 unspecified atom stereocenters. The van der Waals surface area contributed by atoms with Crippen molar-refractivity contribution in [3.63, 3.8) is 0 Å². The molecule has 5 nitrogen and oxygen atoms in total. The van der Waals surface area contributed by atoms with E-state index < -0.39 is 0 Å². The number of hydrogen-bond donors (Lipinski definition) is 0. The van der Waals surface area contributed by atoms with Crippen molar-refractivity contribution < 1.29 is 4.74 Å². The quantitative estimate of drug-likeness (QED) is 0.788. The van der Waals surface area contributed by atoms with Crippen molar-refractivity contribution in [2.75, 3.05) is 51.3 Å². The second kappa shape index (κ2) is 8.59. The van der Waals surface area contributed by atoms with E-state index in [2.05, 4.69) is 57.1 Å². The van der Waals surface area contributed by atoms with Gasteiger partial charge in [0.15, 0.2) is 0 Å². The largest absolute Gasteiger partial charge is 0.497 e. The van der Waals surface area contributed by atoms with Gasteiger partial charge in [0.25, 0.3) is 0 Å². The van der Waals surface area contributed by atoms with E-state index in [1.54, 1.807) is 7.11 Å². The minimum Gasteiger partial charge on any atom is -0.497 e. The third-order valence-electron chi connectivity index (χ3n) is 5.80. The van der Waals surface area contributed by atoms with Crippen LogP contribution in [0.2, 0.25) is 0 Å². The minimum atomic E-state index is 0.700. The van der Waals surface area contributed by atoms with Crippen LogP contribution in [0.3, 0.4) is 0 Å². The van der Waals surface area contributed by atoms with E-state index in [0.717, 1.165) is 38.5 Å². The molecule has 27 heavy (non-hydrogen) atoms. The maximum atomic E-state index is 5.27. The summed E-state index contributed by atoms with van der Waals surface area (Å²) in [6.45, 7) is 10.1. The summed E-state index contributed by atoms with van der Waals surface area (Å²) in [6, 6.07) is 9.16. The highest BCUT2D eigenvalue weighted by Crippen LogP contribution is 2.24. The molecule has 4 rings (SSSR count). The van der Waals surface area contributed by atoms with Crippen LogP contribution in [-0.2, 0) is 6.54 Å². The van der Waals surface area contributed by atoms with Crippen molar-refractivity contribution in [1.82, 2.24) is 14.8 Å². The Morgan fingerprint density at radius 3 is 2.56 bits per heavy atom. The van der Waals surface area contributed by atoms with Crippen molar-refractivity contribution in [3.05, 3.63) is 40.3 Å². The highest BCUT2D eigenvalue weighted by Gasteiger charge is 2.28. The van der Waals surface area contributed by atoms with Gasteiger partial charge in [-0.1, -0.05) is 0 Å². The van der Waals surface area contributed by atoms with Gasteiger partial charge in [0.1, 0.15) is 5.75 Å². The Kier molecular flexibility index (Phi) is 5.95. The number of aromatic nitrogens is 1. The average Bonchev–Trinajstić information content (AvgIpc) is 3.13. The van der Waals surface area contributed by atoms with Crippen LogP contribution >= 0.6 is 11.3 Å². The van der Waals surface area contributed by atoms with Gasteiger partial charge in [0.05, 0.1) is 12.1 Å². The van der Waals surface area contributed by atoms with Gasteiger partial charge in [0, 0.05) is 62.1 Å². The third-order valence-corrected chi connectivity index (χ3v) is 6.69. The number of benzene rings is 1. The number of likely N-dealkylation sites (tertiary alicyclic amines) is 1. The van der Waals surface area contributed by atoms with Crippen LogP contribution < -0.4 is 9.64 Å². The number of thiazole rings is 1. The maximum Gasteiger partial charge on any atom is 0.119 e. The smallest absolute Gasteiger partial charge is 0.119 e. The van der Waals surface area contributed by atoms with Crippen molar-refractivity contribution in [1.29, 1.82) is 0 Å². The number of hydrogen-bond acceptors (Lipinski definition) is 6. The van der Waals surface area contributed by atoms with Crippen LogP contribution in [-0.4, -0.2) is 67.2 Å². The minimum absolute atomic E-state index is 0.700. The highest BCUT2D eigenvalue weighted by molar-refractivity contribution is 7.11. The van der Waals surface area contributed by atoms with Crippen molar-refractivity contribution in [3.8, 4) is 5.75 Å². The first-order valence-electron chi connectivity index (χ1n) is 9.98. The zero-order valence-corrected chi connectivity index (χ0v) is 17.2. The molecule has 2 saturated heterocycles. The molecule has 0 aliphatic carbocycles. The van der Waals surface area contributed by atoms with Crippen molar-refractivity contribution in [2.45, 2.75) is 32.4 Å². The Bertz CT molecular complexity index is 724. The molecule has 0 bridgehead atoms. The lowest BCUT2D eigenvalue weighted by Gasteiger charge is -2.44. The molecule has 2 fully saturated rings. The molecule has 0 amide bonds. The van der Waals surface area contributed by atoms with E-state index in [1.807, 2.05) is 11.3 Å². The van der Waals surface area contributed by atoms with Gasteiger partial charge in [-0.15, -0.1) is 11.3 Å². The van der Waals surface area contributed by atoms with Crippen LogP contribution in [0.25, 0.3) is 0 Å². The van der Waals surface area contributed by atoms with Crippen LogP contribution in [0.5, 0.6) is 5.75 Å². The van der Waals surface area contributed by atoms with Gasteiger partial charge in [-0.2, -0.15) is 0 Å². The van der Waals surface area contributed by atoms with Gasteiger partial charge in [-0.05, 0) is 50.6 Å². The summed E-state index contributed by atoms with van der Waals surface area (Å²) in [4.78, 5) is 13.6. The second-order valence-electron chi connectivity index (χ2n) is 7.60. The third kappa shape index (κ3) is 4.62. The summed E-state index contributed by atoms with van der Waals surface area (Å²) >= 11 is 1.84. The van der Waals surface area contributed by atoms with Crippen molar-refractivity contribution >= 4 is 17.0 Å². The molecule has 3 heterocycles. The van der Waals surface area contributed by atoms with Gasteiger partial charge in [-0.25, -0.2) is 4.98 Å². The second-order valence-corrected chi connectivity index (χ2v) is 8.92. The van der Waals surface area contributed by atoms with E-state index in [1.165, 1.54) is 41.5 Å². The number of anilines is 1. The van der Waals surface area contributed by atoms with E-state index in [4.69, 9.17) is 4.74 Å². The number of rotatable bonds is 5.